The zero-order chi connectivity index (χ0) is 21.9. The molecule has 0 saturated carbocycles. The molecule has 2 aromatic rings. The van der Waals surface area contributed by atoms with Gasteiger partial charge in [0.25, 0.3) is 5.91 Å². The number of hydrogen-bond acceptors (Lipinski definition) is 3. The molecule has 6 heteroatoms. The topological polar surface area (TPSA) is 78.5 Å². The Morgan fingerprint density at radius 1 is 1.07 bits per heavy atom. The first-order chi connectivity index (χ1) is 14.3. The molecule has 0 aliphatic carbocycles. The fourth-order valence-corrected chi connectivity index (χ4v) is 3.91. The van der Waals surface area contributed by atoms with E-state index in [2.05, 4.69) is 10.6 Å². The lowest BCUT2D eigenvalue weighted by Gasteiger charge is -2.28. The van der Waals surface area contributed by atoms with Gasteiger partial charge in [0.15, 0.2) is 5.54 Å². The highest BCUT2D eigenvalue weighted by Crippen LogP contribution is 2.36. The summed E-state index contributed by atoms with van der Waals surface area (Å²) in [4.78, 5) is 40.0. The van der Waals surface area contributed by atoms with E-state index in [1.807, 2.05) is 76.2 Å². The Hall–Kier alpha value is -3.15. The van der Waals surface area contributed by atoms with Crippen molar-refractivity contribution >= 4 is 17.8 Å². The molecule has 0 bridgehead atoms. The Morgan fingerprint density at radius 3 is 2.40 bits per heavy atom. The van der Waals surface area contributed by atoms with Crippen molar-refractivity contribution in [1.29, 1.82) is 0 Å². The number of aryl methyl sites for hydroxylation is 2. The van der Waals surface area contributed by atoms with Crippen LogP contribution in [0.4, 0.5) is 4.79 Å². The zero-order valence-electron chi connectivity index (χ0n) is 18.0. The Labute approximate surface area is 177 Å². The second-order valence-electron chi connectivity index (χ2n) is 7.99. The van der Waals surface area contributed by atoms with Crippen LogP contribution in [0.5, 0.6) is 0 Å². The van der Waals surface area contributed by atoms with Gasteiger partial charge < -0.3 is 10.6 Å². The van der Waals surface area contributed by atoms with Gasteiger partial charge in [-0.1, -0.05) is 61.9 Å². The molecular weight excluding hydrogens is 378 g/mol. The van der Waals surface area contributed by atoms with Gasteiger partial charge >= 0.3 is 6.03 Å². The number of rotatable bonds is 7. The van der Waals surface area contributed by atoms with Crippen molar-refractivity contribution in [2.75, 3.05) is 6.54 Å². The van der Waals surface area contributed by atoms with E-state index >= 15 is 0 Å². The molecular formula is C24H29N3O3. The summed E-state index contributed by atoms with van der Waals surface area (Å²) in [7, 11) is 0. The molecule has 4 amide bonds. The number of amides is 4. The number of imide groups is 1. The van der Waals surface area contributed by atoms with Crippen molar-refractivity contribution in [2.45, 2.75) is 52.1 Å². The quantitative estimate of drug-likeness (QED) is 0.691. The molecule has 1 fully saturated rings. The van der Waals surface area contributed by atoms with Gasteiger partial charge in [0.05, 0.1) is 0 Å². The summed E-state index contributed by atoms with van der Waals surface area (Å²) in [5, 5.41) is 5.75. The molecule has 1 heterocycles. The van der Waals surface area contributed by atoms with Crippen LogP contribution in [0, 0.1) is 13.8 Å². The van der Waals surface area contributed by atoms with Crippen LogP contribution < -0.4 is 10.6 Å². The monoisotopic (exact) mass is 407 g/mol. The third kappa shape index (κ3) is 3.95. The highest BCUT2D eigenvalue weighted by atomic mass is 16.2. The number of benzene rings is 2. The van der Waals surface area contributed by atoms with Crippen molar-refractivity contribution in [1.82, 2.24) is 15.5 Å². The molecule has 1 aliphatic rings. The molecule has 2 aromatic carbocycles. The number of nitrogens with zero attached hydrogens (tertiary/aromatic N) is 1. The van der Waals surface area contributed by atoms with Gasteiger partial charge in [-0.2, -0.15) is 0 Å². The molecule has 1 saturated heterocycles. The molecule has 1 aliphatic heterocycles. The van der Waals surface area contributed by atoms with E-state index in [9.17, 15) is 14.4 Å². The standard InChI is InChI=1S/C24H29N3O3/c1-5-9-18(4)25-21(28)15-27-22(29)24(26-23(27)30,19-10-7-6-8-11-19)20-13-12-16(2)17(3)14-20/h6-8,10-14,18H,5,9,15H2,1-4H3,(H,25,28)(H,26,30)/t18-,24-/m0/s1. The predicted octanol–water partition coefficient (Wildman–Crippen LogP) is 3.40. The van der Waals surface area contributed by atoms with E-state index in [1.54, 1.807) is 0 Å². The van der Waals surface area contributed by atoms with Crippen LogP contribution in [0.3, 0.4) is 0 Å². The van der Waals surface area contributed by atoms with E-state index in [-0.39, 0.29) is 18.5 Å². The summed E-state index contributed by atoms with van der Waals surface area (Å²) >= 11 is 0. The van der Waals surface area contributed by atoms with Crippen molar-refractivity contribution in [3.63, 3.8) is 0 Å². The van der Waals surface area contributed by atoms with Crippen molar-refractivity contribution in [3.8, 4) is 0 Å². The maximum absolute atomic E-state index is 13.6. The fraction of sp³-hybridized carbons (Fsp3) is 0.375. The molecule has 3 rings (SSSR count). The molecule has 158 valence electrons. The van der Waals surface area contributed by atoms with Gasteiger partial charge in [-0.3, -0.25) is 14.5 Å². The van der Waals surface area contributed by atoms with E-state index in [4.69, 9.17) is 0 Å². The summed E-state index contributed by atoms with van der Waals surface area (Å²) in [5.41, 5.74) is 2.10. The normalized spacial score (nSPS) is 19.5. The second kappa shape index (κ2) is 8.69. The summed E-state index contributed by atoms with van der Waals surface area (Å²) in [6.07, 6.45) is 1.77. The molecule has 0 unspecified atom stereocenters. The van der Waals surface area contributed by atoms with Crippen LogP contribution in [0.25, 0.3) is 0 Å². The third-order valence-corrected chi connectivity index (χ3v) is 5.68. The van der Waals surface area contributed by atoms with E-state index in [1.165, 1.54) is 0 Å². The highest BCUT2D eigenvalue weighted by Gasteiger charge is 2.54. The molecule has 6 nitrogen and oxygen atoms in total. The minimum absolute atomic E-state index is 0.0121. The summed E-state index contributed by atoms with van der Waals surface area (Å²) in [5.74, 6) is -0.788. The molecule has 2 atom stereocenters. The lowest BCUT2D eigenvalue weighted by atomic mass is 9.81. The maximum atomic E-state index is 13.6. The van der Waals surface area contributed by atoms with Gasteiger partial charge in [0, 0.05) is 6.04 Å². The van der Waals surface area contributed by atoms with Crippen LogP contribution in [0.2, 0.25) is 0 Å². The van der Waals surface area contributed by atoms with Crippen molar-refractivity contribution < 1.29 is 14.4 Å². The third-order valence-electron chi connectivity index (χ3n) is 5.68. The molecule has 0 aromatic heterocycles. The molecule has 2 N–H and O–H groups in total. The van der Waals surface area contributed by atoms with Crippen LogP contribution >= 0.6 is 0 Å². The smallest absolute Gasteiger partial charge is 0.326 e. The van der Waals surface area contributed by atoms with Crippen molar-refractivity contribution in [3.05, 3.63) is 70.8 Å². The maximum Gasteiger partial charge on any atom is 0.326 e. The average Bonchev–Trinajstić information content (AvgIpc) is 2.96. The summed E-state index contributed by atoms with van der Waals surface area (Å²) in [6.45, 7) is 7.61. The minimum atomic E-state index is -1.36. The van der Waals surface area contributed by atoms with Gasteiger partial charge in [0.2, 0.25) is 5.91 Å². The Bertz CT molecular complexity index is 957. The van der Waals surface area contributed by atoms with Gasteiger partial charge in [-0.05, 0) is 49.4 Å². The summed E-state index contributed by atoms with van der Waals surface area (Å²) < 4.78 is 0. The van der Waals surface area contributed by atoms with Gasteiger partial charge in [-0.25, -0.2) is 4.79 Å². The minimum Gasteiger partial charge on any atom is -0.352 e. The molecule has 0 spiro atoms. The first kappa shape index (κ1) is 21.6. The Balaban J connectivity index is 1.98. The number of urea groups is 1. The number of carbonyl (C=O) groups excluding carboxylic acids is 3. The summed E-state index contributed by atoms with van der Waals surface area (Å²) in [6, 6.07) is 14.3. The fourth-order valence-electron chi connectivity index (χ4n) is 3.91. The van der Waals surface area contributed by atoms with E-state index in [0.717, 1.165) is 28.9 Å². The predicted molar refractivity (Wildman–Crippen MR) is 116 cm³/mol. The van der Waals surface area contributed by atoms with Crippen LogP contribution in [0.15, 0.2) is 48.5 Å². The Morgan fingerprint density at radius 2 is 1.77 bits per heavy atom. The average molecular weight is 408 g/mol. The number of carbonyl (C=O) groups is 3. The molecule has 0 radical (unpaired) electrons. The van der Waals surface area contributed by atoms with E-state index in [0.29, 0.717) is 11.1 Å². The number of nitrogens with one attached hydrogen (secondary N) is 2. The lowest BCUT2D eigenvalue weighted by Crippen LogP contribution is -2.46. The van der Waals surface area contributed by atoms with Crippen LogP contribution in [0.1, 0.15) is 48.9 Å². The van der Waals surface area contributed by atoms with Gasteiger partial charge in [-0.15, -0.1) is 0 Å². The van der Waals surface area contributed by atoms with Crippen LogP contribution in [-0.4, -0.2) is 35.3 Å². The zero-order valence-corrected chi connectivity index (χ0v) is 18.0. The SMILES string of the molecule is CCC[C@H](C)NC(=O)CN1C(=O)N[C@@](c2ccccc2)(c2ccc(C)c(C)c2)C1=O. The Kier molecular flexibility index (Phi) is 6.25. The van der Waals surface area contributed by atoms with Gasteiger partial charge in [0.1, 0.15) is 6.54 Å². The lowest BCUT2D eigenvalue weighted by molar-refractivity contribution is -0.134. The second-order valence-corrected chi connectivity index (χ2v) is 7.99. The largest absolute Gasteiger partial charge is 0.352 e. The first-order valence-electron chi connectivity index (χ1n) is 10.4. The van der Waals surface area contributed by atoms with Crippen LogP contribution in [-0.2, 0) is 15.1 Å². The van der Waals surface area contributed by atoms with E-state index < -0.39 is 17.5 Å². The molecule has 30 heavy (non-hydrogen) atoms. The van der Waals surface area contributed by atoms with Crippen molar-refractivity contribution in [2.24, 2.45) is 0 Å². The first-order valence-corrected chi connectivity index (χ1v) is 10.4. The highest BCUT2D eigenvalue weighted by molar-refractivity contribution is 6.11. The number of hydrogen-bond donors (Lipinski definition) is 2.